The molecule has 6 nitrogen and oxygen atoms in total. The number of urea groups is 1. The third-order valence-corrected chi connectivity index (χ3v) is 5.89. The van der Waals surface area contributed by atoms with Crippen LogP contribution in [0.25, 0.3) is 0 Å². The summed E-state index contributed by atoms with van der Waals surface area (Å²) in [6.07, 6.45) is 1.57. The zero-order chi connectivity index (χ0) is 23.4. The van der Waals surface area contributed by atoms with E-state index in [4.69, 9.17) is 26.1 Å². The molecule has 0 aromatic heterocycles. The first-order valence-electron chi connectivity index (χ1n) is 10.7. The van der Waals surface area contributed by atoms with Crippen LogP contribution in [0.15, 0.2) is 59.6 Å². The van der Waals surface area contributed by atoms with E-state index in [1.165, 1.54) is 5.56 Å². The van der Waals surface area contributed by atoms with Gasteiger partial charge in [-0.15, -0.1) is 0 Å². The summed E-state index contributed by atoms with van der Waals surface area (Å²) < 4.78 is 10.9. The van der Waals surface area contributed by atoms with Crippen molar-refractivity contribution in [2.45, 2.75) is 19.8 Å². The highest BCUT2D eigenvalue weighted by Gasteiger charge is 2.19. The zero-order valence-corrected chi connectivity index (χ0v) is 19.6. The Bertz CT molecular complexity index is 1210. The molecule has 1 aliphatic rings. The van der Waals surface area contributed by atoms with E-state index in [-0.39, 0.29) is 6.03 Å². The van der Waals surface area contributed by atoms with Gasteiger partial charge in [0.25, 0.3) is 0 Å². The van der Waals surface area contributed by atoms with Crippen LogP contribution < -0.4 is 20.1 Å². The Hall–Kier alpha value is -3.51. The van der Waals surface area contributed by atoms with Gasteiger partial charge in [-0.2, -0.15) is 0 Å². The van der Waals surface area contributed by atoms with Gasteiger partial charge in [-0.25, -0.2) is 4.79 Å². The van der Waals surface area contributed by atoms with Gasteiger partial charge < -0.3 is 20.1 Å². The van der Waals surface area contributed by atoms with Gasteiger partial charge in [0, 0.05) is 29.9 Å². The first-order chi connectivity index (χ1) is 16.0. The van der Waals surface area contributed by atoms with E-state index in [0.717, 1.165) is 41.1 Å². The van der Waals surface area contributed by atoms with E-state index in [1.807, 2.05) is 55.5 Å². The SMILES string of the molecule is COc1cc2c(cc1OC)C(Cc1ccc(NC(=O)Nc3cc(C)ccc3Cl)cc1)=NCC2. The minimum absolute atomic E-state index is 0.345. The lowest BCUT2D eigenvalue weighted by Crippen LogP contribution is -2.19. The van der Waals surface area contributed by atoms with Gasteiger partial charge in [0.15, 0.2) is 11.5 Å². The lowest BCUT2D eigenvalue weighted by atomic mass is 9.93. The van der Waals surface area contributed by atoms with Crippen LogP contribution in [0.3, 0.4) is 0 Å². The third kappa shape index (κ3) is 5.29. The van der Waals surface area contributed by atoms with Crippen LogP contribution in [0.5, 0.6) is 11.5 Å². The molecule has 33 heavy (non-hydrogen) atoms. The van der Waals surface area contributed by atoms with E-state index in [2.05, 4.69) is 10.6 Å². The molecule has 0 atom stereocenters. The minimum atomic E-state index is -0.345. The van der Waals surface area contributed by atoms with E-state index in [1.54, 1.807) is 20.3 Å². The summed E-state index contributed by atoms with van der Waals surface area (Å²) in [6, 6.07) is 16.9. The number of nitrogens with zero attached hydrogens (tertiary/aromatic N) is 1. The van der Waals surface area contributed by atoms with Crippen molar-refractivity contribution in [3.63, 3.8) is 0 Å². The minimum Gasteiger partial charge on any atom is -0.493 e. The molecular formula is C26H26ClN3O3. The van der Waals surface area contributed by atoms with Crippen LogP contribution in [0.4, 0.5) is 16.2 Å². The number of carbonyl (C=O) groups excluding carboxylic acids is 1. The normalized spacial score (nSPS) is 12.4. The number of ether oxygens (including phenoxy) is 2. The first-order valence-corrected chi connectivity index (χ1v) is 11.1. The fraction of sp³-hybridized carbons (Fsp3) is 0.231. The summed E-state index contributed by atoms with van der Waals surface area (Å²) >= 11 is 6.16. The fourth-order valence-corrected chi connectivity index (χ4v) is 4.03. The second kappa shape index (κ2) is 9.96. The van der Waals surface area contributed by atoms with Crippen molar-refractivity contribution in [1.29, 1.82) is 0 Å². The van der Waals surface area contributed by atoms with Crippen molar-refractivity contribution >= 4 is 34.7 Å². The Morgan fingerprint density at radius 3 is 2.45 bits per heavy atom. The monoisotopic (exact) mass is 463 g/mol. The van der Waals surface area contributed by atoms with Crippen LogP contribution in [0.2, 0.25) is 5.02 Å². The number of aryl methyl sites for hydroxylation is 1. The summed E-state index contributed by atoms with van der Waals surface area (Å²) in [4.78, 5) is 17.1. The molecule has 0 saturated heterocycles. The quantitative estimate of drug-likeness (QED) is 0.478. The summed E-state index contributed by atoms with van der Waals surface area (Å²) in [5, 5.41) is 6.12. The molecule has 1 aliphatic heterocycles. The second-order valence-electron chi connectivity index (χ2n) is 7.88. The number of halogens is 1. The van der Waals surface area contributed by atoms with E-state index < -0.39 is 0 Å². The van der Waals surface area contributed by atoms with Crippen molar-refractivity contribution in [3.05, 3.63) is 81.9 Å². The Kier molecular flexibility index (Phi) is 6.84. The number of rotatable bonds is 6. The molecular weight excluding hydrogens is 438 g/mol. The summed E-state index contributed by atoms with van der Waals surface area (Å²) in [5.41, 5.74) is 6.71. The highest BCUT2D eigenvalue weighted by atomic mass is 35.5. The van der Waals surface area contributed by atoms with Crippen LogP contribution in [0.1, 0.15) is 22.3 Å². The van der Waals surface area contributed by atoms with Crippen molar-refractivity contribution in [2.75, 3.05) is 31.4 Å². The molecule has 4 rings (SSSR count). The predicted octanol–water partition coefficient (Wildman–Crippen LogP) is 5.90. The van der Waals surface area contributed by atoms with Gasteiger partial charge in [-0.05, 0) is 66.4 Å². The van der Waals surface area contributed by atoms with Gasteiger partial charge in [-0.3, -0.25) is 4.99 Å². The molecule has 3 aromatic carbocycles. The molecule has 2 N–H and O–H groups in total. The van der Waals surface area contributed by atoms with E-state index >= 15 is 0 Å². The molecule has 0 spiro atoms. The Labute approximate surface area is 198 Å². The maximum Gasteiger partial charge on any atom is 0.323 e. The molecule has 0 aliphatic carbocycles. The number of anilines is 2. The number of aliphatic imine (C=N–C) groups is 1. The number of hydrogen-bond donors (Lipinski definition) is 2. The average molecular weight is 464 g/mol. The van der Waals surface area contributed by atoms with Crippen LogP contribution in [-0.2, 0) is 12.8 Å². The number of carbonyl (C=O) groups is 1. The largest absolute Gasteiger partial charge is 0.493 e. The van der Waals surface area contributed by atoms with Crippen LogP contribution in [-0.4, -0.2) is 32.5 Å². The summed E-state index contributed by atoms with van der Waals surface area (Å²) in [7, 11) is 3.28. The smallest absolute Gasteiger partial charge is 0.323 e. The van der Waals surface area contributed by atoms with E-state index in [9.17, 15) is 4.79 Å². The fourth-order valence-electron chi connectivity index (χ4n) is 3.86. The Balaban J connectivity index is 1.44. The molecule has 170 valence electrons. The maximum absolute atomic E-state index is 12.4. The number of hydrogen-bond acceptors (Lipinski definition) is 4. The summed E-state index contributed by atoms with van der Waals surface area (Å²) in [5.74, 6) is 1.43. The molecule has 0 saturated carbocycles. The van der Waals surface area contributed by atoms with Gasteiger partial charge in [-0.1, -0.05) is 29.8 Å². The van der Waals surface area contributed by atoms with Gasteiger partial charge in [0.2, 0.25) is 0 Å². The van der Waals surface area contributed by atoms with E-state index in [0.29, 0.717) is 28.6 Å². The van der Waals surface area contributed by atoms with Crippen molar-refractivity contribution in [1.82, 2.24) is 0 Å². The number of nitrogens with one attached hydrogen (secondary N) is 2. The van der Waals surface area contributed by atoms with Gasteiger partial charge in [0.05, 0.1) is 24.9 Å². The zero-order valence-electron chi connectivity index (χ0n) is 18.9. The molecule has 0 bridgehead atoms. The van der Waals surface area contributed by atoms with Gasteiger partial charge >= 0.3 is 6.03 Å². The van der Waals surface area contributed by atoms with Crippen molar-refractivity contribution < 1.29 is 14.3 Å². The highest BCUT2D eigenvalue weighted by Crippen LogP contribution is 2.33. The van der Waals surface area contributed by atoms with Crippen molar-refractivity contribution in [3.8, 4) is 11.5 Å². The molecule has 1 heterocycles. The first kappa shape index (κ1) is 22.7. The second-order valence-corrected chi connectivity index (χ2v) is 8.29. The predicted molar refractivity (Wildman–Crippen MR) is 134 cm³/mol. The average Bonchev–Trinajstić information content (AvgIpc) is 2.82. The topological polar surface area (TPSA) is 72.0 Å². The Morgan fingerprint density at radius 1 is 1.00 bits per heavy atom. The third-order valence-electron chi connectivity index (χ3n) is 5.56. The van der Waals surface area contributed by atoms with Crippen LogP contribution in [0, 0.1) is 6.92 Å². The Morgan fingerprint density at radius 2 is 1.73 bits per heavy atom. The highest BCUT2D eigenvalue weighted by molar-refractivity contribution is 6.33. The molecule has 7 heteroatoms. The number of amides is 2. The standard InChI is InChI=1S/C26H26ClN3O3/c1-16-4-9-21(27)23(12-16)30-26(31)29-19-7-5-17(6-8-19)13-22-20-15-25(33-3)24(32-2)14-18(20)10-11-28-22/h4-9,12,14-15H,10-11,13H2,1-3H3,(H2,29,30,31). The lowest BCUT2D eigenvalue weighted by Gasteiger charge is -2.20. The number of benzene rings is 3. The summed E-state index contributed by atoms with van der Waals surface area (Å²) in [6.45, 7) is 2.69. The molecule has 0 fully saturated rings. The lowest BCUT2D eigenvalue weighted by molar-refractivity contribution is 0.262. The number of fused-ring (bicyclic) bond motifs is 1. The molecule has 2 amide bonds. The molecule has 0 unspecified atom stereocenters. The van der Waals surface area contributed by atoms with Gasteiger partial charge in [0.1, 0.15) is 0 Å². The van der Waals surface area contributed by atoms with Crippen LogP contribution >= 0.6 is 11.6 Å². The number of methoxy groups -OCH3 is 2. The maximum atomic E-state index is 12.4. The molecule has 3 aromatic rings. The van der Waals surface area contributed by atoms with Crippen molar-refractivity contribution in [2.24, 2.45) is 4.99 Å². The molecule has 0 radical (unpaired) electrons.